The topological polar surface area (TPSA) is 52.7 Å². The lowest BCUT2D eigenvalue weighted by Crippen LogP contribution is -2.36. The summed E-state index contributed by atoms with van der Waals surface area (Å²) in [5, 5.41) is 2.74. The van der Waals surface area contributed by atoms with Crippen LogP contribution in [0.25, 0.3) is 0 Å². The highest BCUT2D eigenvalue weighted by atomic mass is 16.2. The molecule has 1 heterocycles. The minimum Gasteiger partial charge on any atom is -0.356 e. The molecule has 24 heavy (non-hydrogen) atoms. The highest BCUT2D eigenvalue weighted by Gasteiger charge is 2.36. The first-order valence-electron chi connectivity index (χ1n) is 8.63. The van der Waals surface area contributed by atoms with E-state index >= 15 is 0 Å². The van der Waals surface area contributed by atoms with E-state index in [1.165, 1.54) is 18.1 Å². The summed E-state index contributed by atoms with van der Waals surface area (Å²) < 4.78 is 0. The summed E-state index contributed by atoms with van der Waals surface area (Å²) in [6, 6.07) is 8.98. The molecule has 0 saturated carbocycles. The fourth-order valence-electron chi connectivity index (χ4n) is 3.32. The van der Waals surface area contributed by atoms with Crippen molar-refractivity contribution in [3.8, 4) is 0 Å². The summed E-state index contributed by atoms with van der Waals surface area (Å²) in [6.45, 7) is 5.69. The number of amides is 2. The van der Waals surface area contributed by atoms with Crippen LogP contribution in [-0.2, 0) is 9.59 Å². The number of benzene rings is 1. The second-order valence-electron chi connectivity index (χ2n) is 6.93. The van der Waals surface area contributed by atoms with Crippen LogP contribution < -0.4 is 5.32 Å². The van der Waals surface area contributed by atoms with Crippen LogP contribution >= 0.6 is 0 Å². The van der Waals surface area contributed by atoms with Gasteiger partial charge in [0.15, 0.2) is 0 Å². The van der Waals surface area contributed by atoms with Crippen molar-refractivity contribution in [3.63, 3.8) is 0 Å². The van der Waals surface area contributed by atoms with Gasteiger partial charge in [-0.3, -0.25) is 9.59 Å². The molecule has 132 valence electrons. The van der Waals surface area contributed by atoms with Crippen LogP contribution in [0.4, 0.5) is 0 Å². The number of nitrogens with zero attached hydrogens (tertiary/aromatic N) is 2. The van der Waals surface area contributed by atoms with E-state index in [1.54, 1.807) is 0 Å². The van der Waals surface area contributed by atoms with Gasteiger partial charge in [-0.15, -0.1) is 0 Å². The molecule has 1 aliphatic heterocycles. The van der Waals surface area contributed by atoms with Gasteiger partial charge < -0.3 is 15.1 Å². The van der Waals surface area contributed by atoms with Crippen molar-refractivity contribution < 1.29 is 9.59 Å². The van der Waals surface area contributed by atoms with Crippen molar-refractivity contribution >= 4 is 11.8 Å². The fraction of sp³-hybridized carbons (Fsp3) is 0.579. The minimum atomic E-state index is -0.0456. The first-order chi connectivity index (χ1) is 11.4. The standard InChI is InChI=1S/C19H29N3O2/c1-14-7-9-16(10-8-14)17-12-22(13-18(17)21(3)4)19(24)6-5-11-20-15(2)23/h7-10,17-18H,5-6,11-13H2,1-4H3,(H,20,23)/t17-,18+/m0/s1. The summed E-state index contributed by atoms with van der Waals surface area (Å²) in [7, 11) is 4.16. The third kappa shape index (κ3) is 4.81. The zero-order chi connectivity index (χ0) is 17.7. The largest absolute Gasteiger partial charge is 0.356 e. The zero-order valence-corrected chi connectivity index (χ0v) is 15.2. The molecule has 1 aromatic rings. The van der Waals surface area contributed by atoms with Gasteiger partial charge in [-0.05, 0) is 33.0 Å². The molecule has 0 radical (unpaired) electrons. The Labute approximate surface area is 145 Å². The lowest BCUT2D eigenvalue weighted by Gasteiger charge is -2.25. The Bertz CT molecular complexity index is 568. The van der Waals surface area contributed by atoms with E-state index in [1.807, 2.05) is 4.90 Å². The lowest BCUT2D eigenvalue weighted by molar-refractivity contribution is -0.130. The van der Waals surface area contributed by atoms with Crippen LogP contribution in [0.2, 0.25) is 0 Å². The van der Waals surface area contributed by atoms with Crippen molar-refractivity contribution in [3.05, 3.63) is 35.4 Å². The molecule has 2 amide bonds. The van der Waals surface area contributed by atoms with E-state index < -0.39 is 0 Å². The maximum Gasteiger partial charge on any atom is 0.222 e. The number of carbonyl (C=O) groups is 2. The molecule has 0 spiro atoms. The number of carbonyl (C=O) groups excluding carboxylic acids is 2. The molecule has 1 aliphatic rings. The quantitative estimate of drug-likeness (QED) is 0.808. The Kier molecular flexibility index (Phi) is 6.37. The summed E-state index contributed by atoms with van der Waals surface area (Å²) in [6.07, 6.45) is 1.18. The Morgan fingerprint density at radius 1 is 1.21 bits per heavy atom. The average molecular weight is 331 g/mol. The lowest BCUT2D eigenvalue weighted by atomic mass is 9.93. The molecule has 0 aliphatic carbocycles. The molecular formula is C19H29N3O2. The van der Waals surface area contributed by atoms with Gasteiger partial charge in [0, 0.05) is 44.9 Å². The van der Waals surface area contributed by atoms with Gasteiger partial charge in [-0.1, -0.05) is 29.8 Å². The van der Waals surface area contributed by atoms with E-state index in [2.05, 4.69) is 55.5 Å². The highest BCUT2D eigenvalue weighted by molar-refractivity contribution is 5.77. The predicted molar refractivity (Wildman–Crippen MR) is 95.9 cm³/mol. The fourth-order valence-corrected chi connectivity index (χ4v) is 3.32. The van der Waals surface area contributed by atoms with E-state index in [0.29, 0.717) is 31.3 Å². The van der Waals surface area contributed by atoms with Gasteiger partial charge in [-0.2, -0.15) is 0 Å². The Morgan fingerprint density at radius 2 is 1.88 bits per heavy atom. The third-order valence-electron chi connectivity index (χ3n) is 4.75. The molecule has 1 aromatic carbocycles. The summed E-state index contributed by atoms with van der Waals surface area (Å²) in [5.74, 6) is 0.484. The van der Waals surface area contributed by atoms with Crippen LogP contribution in [0.1, 0.15) is 36.8 Å². The monoisotopic (exact) mass is 331 g/mol. The average Bonchev–Trinajstić information content (AvgIpc) is 2.97. The van der Waals surface area contributed by atoms with Crippen molar-refractivity contribution in [2.24, 2.45) is 0 Å². The van der Waals surface area contributed by atoms with Gasteiger partial charge in [-0.25, -0.2) is 0 Å². The van der Waals surface area contributed by atoms with Crippen LogP contribution in [-0.4, -0.2) is 61.4 Å². The minimum absolute atomic E-state index is 0.0456. The number of aryl methyl sites for hydroxylation is 1. The zero-order valence-electron chi connectivity index (χ0n) is 15.2. The van der Waals surface area contributed by atoms with Gasteiger partial charge in [0.2, 0.25) is 11.8 Å². The Morgan fingerprint density at radius 3 is 2.46 bits per heavy atom. The number of likely N-dealkylation sites (tertiary alicyclic amines) is 1. The molecule has 1 saturated heterocycles. The van der Waals surface area contributed by atoms with Crippen molar-refractivity contribution in [2.75, 3.05) is 33.7 Å². The first kappa shape index (κ1) is 18.5. The maximum absolute atomic E-state index is 12.5. The molecule has 2 rings (SSSR count). The summed E-state index contributed by atoms with van der Waals surface area (Å²) in [5.41, 5.74) is 2.55. The number of rotatable bonds is 6. The molecule has 5 heteroatoms. The second-order valence-corrected chi connectivity index (χ2v) is 6.93. The number of likely N-dealkylation sites (N-methyl/N-ethyl adjacent to an activating group) is 1. The number of hydrogen-bond donors (Lipinski definition) is 1. The molecule has 2 atom stereocenters. The van der Waals surface area contributed by atoms with Crippen molar-refractivity contribution in [1.29, 1.82) is 0 Å². The van der Waals surface area contributed by atoms with Gasteiger partial charge in [0.25, 0.3) is 0 Å². The molecule has 0 aromatic heterocycles. The van der Waals surface area contributed by atoms with Crippen LogP contribution in [0.3, 0.4) is 0 Å². The molecule has 1 fully saturated rings. The second kappa shape index (κ2) is 8.29. The highest BCUT2D eigenvalue weighted by Crippen LogP contribution is 2.30. The van der Waals surface area contributed by atoms with Crippen molar-refractivity contribution in [2.45, 2.75) is 38.6 Å². The van der Waals surface area contributed by atoms with Crippen LogP contribution in [0.15, 0.2) is 24.3 Å². The maximum atomic E-state index is 12.5. The molecule has 5 nitrogen and oxygen atoms in total. The number of hydrogen-bond acceptors (Lipinski definition) is 3. The predicted octanol–water partition coefficient (Wildman–Crippen LogP) is 1.77. The van der Waals surface area contributed by atoms with Crippen LogP contribution in [0, 0.1) is 6.92 Å². The normalized spacial score (nSPS) is 20.5. The van der Waals surface area contributed by atoms with Gasteiger partial charge in [0.1, 0.15) is 0 Å². The van der Waals surface area contributed by atoms with Crippen LogP contribution in [0.5, 0.6) is 0 Å². The van der Waals surface area contributed by atoms with Gasteiger partial charge >= 0.3 is 0 Å². The van der Waals surface area contributed by atoms with Crippen molar-refractivity contribution in [1.82, 2.24) is 15.1 Å². The summed E-state index contributed by atoms with van der Waals surface area (Å²) in [4.78, 5) is 27.6. The molecular weight excluding hydrogens is 302 g/mol. The van der Waals surface area contributed by atoms with E-state index in [0.717, 1.165) is 13.1 Å². The SMILES string of the molecule is CC(=O)NCCCC(=O)N1C[C@@H](N(C)C)[C@H](c2ccc(C)cc2)C1. The molecule has 0 bridgehead atoms. The Hall–Kier alpha value is -1.88. The smallest absolute Gasteiger partial charge is 0.222 e. The van der Waals surface area contributed by atoms with E-state index in [9.17, 15) is 9.59 Å². The summed E-state index contributed by atoms with van der Waals surface area (Å²) >= 11 is 0. The first-order valence-corrected chi connectivity index (χ1v) is 8.63. The Balaban J connectivity index is 1.97. The van der Waals surface area contributed by atoms with Gasteiger partial charge in [0.05, 0.1) is 0 Å². The third-order valence-corrected chi connectivity index (χ3v) is 4.75. The van der Waals surface area contributed by atoms with E-state index in [-0.39, 0.29) is 11.8 Å². The van der Waals surface area contributed by atoms with E-state index in [4.69, 9.17) is 0 Å². The number of nitrogens with one attached hydrogen (secondary N) is 1. The molecule has 0 unspecified atom stereocenters. The molecule has 1 N–H and O–H groups in total.